The highest BCUT2D eigenvalue weighted by atomic mass is 19.1. The van der Waals surface area contributed by atoms with Gasteiger partial charge in [-0.15, -0.1) is 0 Å². The fourth-order valence-corrected chi connectivity index (χ4v) is 7.58. The number of hydrogen-bond acceptors (Lipinski definition) is 6. The van der Waals surface area contributed by atoms with Crippen LogP contribution in [0.15, 0.2) is 84.9 Å². The average Bonchev–Trinajstić information content (AvgIpc) is 3.18. The van der Waals surface area contributed by atoms with E-state index in [0.717, 1.165) is 22.5 Å². The summed E-state index contributed by atoms with van der Waals surface area (Å²) in [5.74, 6) is -1.22. The van der Waals surface area contributed by atoms with Crippen LogP contribution in [0, 0.1) is 11.6 Å². The molecule has 12 heteroatoms. The molecule has 0 bridgehead atoms. The molecule has 4 amide bonds. The maximum atomic E-state index is 14.3. The summed E-state index contributed by atoms with van der Waals surface area (Å²) < 4.78 is 28.5. The molecule has 4 aromatic rings. The standard InChI is InChI=1S/C43H48F2N6O4/c1-5-40(52)50-26(3)22-36(34-24-30(44)12-18-38(34)50)48-32-14-8-28(9-15-32)42(54)46-20-7-21-47-43(55)29-10-16-33(17-11-29)49-37-23-27(4)51(41(53)6-2)39-19-13-31(45)25-35(37)39/h8-19,24-27,36-37,48-49H,5-7,20-23H2,1-4H3,(H,46,54)(H,47,55)/t26-,27-,36+,37+/m0/s1. The molecule has 4 aromatic carbocycles. The van der Waals surface area contributed by atoms with Gasteiger partial charge in [-0.1, -0.05) is 13.8 Å². The van der Waals surface area contributed by atoms with Crippen LogP contribution in [-0.2, 0) is 9.59 Å². The van der Waals surface area contributed by atoms with Crippen molar-refractivity contribution in [2.24, 2.45) is 0 Å². The molecule has 0 spiro atoms. The number of carbonyl (C=O) groups excluding carboxylic acids is 4. The van der Waals surface area contributed by atoms with E-state index in [9.17, 15) is 28.0 Å². The molecule has 0 unspecified atom stereocenters. The molecule has 2 aliphatic rings. The zero-order valence-electron chi connectivity index (χ0n) is 31.6. The van der Waals surface area contributed by atoms with Crippen LogP contribution in [0.4, 0.5) is 31.5 Å². The Morgan fingerprint density at radius 3 is 1.35 bits per heavy atom. The maximum Gasteiger partial charge on any atom is 0.251 e. The molecule has 0 saturated heterocycles. The molecule has 10 nitrogen and oxygen atoms in total. The van der Waals surface area contributed by atoms with Crippen LogP contribution >= 0.6 is 0 Å². The average molecular weight is 751 g/mol. The van der Waals surface area contributed by atoms with Crippen LogP contribution in [0.25, 0.3) is 0 Å². The summed E-state index contributed by atoms with van der Waals surface area (Å²) in [6, 6.07) is 22.5. The summed E-state index contributed by atoms with van der Waals surface area (Å²) in [5.41, 5.74) is 5.35. The maximum absolute atomic E-state index is 14.3. The van der Waals surface area contributed by atoms with Gasteiger partial charge >= 0.3 is 0 Å². The van der Waals surface area contributed by atoms with Crippen molar-refractivity contribution >= 4 is 46.4 Å². The van der Waals surface area contributed by atoms with Gasteiger partial charge in [0.15, 0.2) is 0 Å². The summed E-state index contributed by atoms with van der Waals surface area (Å²) in [4.78, 5) is 54.5. The van der Waals surface area contributed by atoms with Crippen molar-refractivity contribution in [3.63, 3.8) is 0 Å². The van der Waals surface area contributed by atoms with Gasteiger partial charge in [-0.05, 0) is 118 Å². The summed E-state index contributed by atoms with van der Waals surface area (Å²) in [5, 5.41) is 12.7. The number of halogens is 2. The van der Waals surface area contributed by atoms with E-state index >= 15 is 0 Å². The minimum Gasteiger partial charge on any atom is -0.378 e. The van der Waals surface area contributed by atoms with Crippen molar-refractivity contribution in [3.8, 4) is 0 Å². The van der Waals surface area contributed by atoms with E-state index < -0.39 is 0 Å². The zero-order valence-corrected chi connectivity index (χ0v) is 31.6. The number of carbonyl (C=O) groups is 4. The van der Waals surface area contributed by atoms with Crippen molar-refractivity contribution in [1.82, 2.24) is 10.6 Å². The molecule has 2 heterocycles. The van der Waals surface area contributed by atoms with Gasteiger partial charge in [0, 0.05) is 83.0 Å². The zero-order chi connectivity index (χ0) is 39.2. The summed E-state index contributed by atoms with van der Waals surface area (Å²) in [6.45, 7) is 8.33. The third-order valence-electron chi connectivity index (χ3n) is 10.3. The minimum atomic E-state index is -0.366. The molecule has 0 aliphatic carbocycles. The molecule has 0 aromatic heterocycles. The Balaban J connectivity index is 0.958. The molecule has 55 heavy (non-hydrogen) atoms. The largest absolute Gasteiger partial charge is 0.378 e. The Labute approximate surface area is 320 Å². The molecule has 2 aliphatic heterocycles. The van der Waals surface area contributed by atoms with Gasteiger partial charge < -0.3 is 31.1 Å². The van der Waals surface area contributed by atoms with Gasteiger partial charge in [0.1, 0.15) is 11.6 Å². The predicted octanol–water partition coefficient (Wildman–Crippen LogP) is 7.89. The first-order valence-electron chi connectivity index (χ1n) is 19.0. The molecule has 0 saturated carbocycles. The van der Waals surface area contributed by atoms with Crippen LogP contribution in [0.2, 0.25) is 0 Å². The molecule has 0 fully saturated rings. The van der Waals surface area contributed by atoms with Crippen molar-refractivity contribution in [1.29, 1.82) is 0 Å². The van der Waals surface area contributed by atoms with E-state index in [4.69, 9.17) is 0 Å². The SMILES string of the molecule is CCC(=O)N1c2ccc(F)cc2[C@H](Nc2ccc(C(=O)NCCCNC(=O)c3ccc(N[C@@H]4C[C@H](C)N(C(=O)CC)c5ccc(F)cc54)cc3)cc2)C[C@@H]1C. The van der Waals surface area contributed by atoms with E-state index in [-0.39, 0.29) is 59.4 Å². The number of fused-ring (bicyclic) bond motifs is 2. The second-order valence-electron chi connectivity index (χ2n) is 14.2. The Bertz CT molecular complexity index is 1900. The quantitative estimate of drug-likeness (QED) is 0.109. The van der Waals surface area contributed by atoms with Crippen LogP contribution in [0.5, 0.6) is 0 Å². The third-order valence-corrected chi connectivity index (χ3v) is 10.3. The number of anilines is 4. The smallest absolute Gasteiger partial charge is 0.251 e. The van der Waals surface area contributed by atoms with E-state index in [1.54, 1.807) is 70.5 Å². The highest BCUT2D eigenvalue weighted by molar-refractivity contribution is 5.97. The Hall–Kier alpha value is -5.78. The van der Waals surface area contributed by atoms with E-state index in [0.29, 0.717) is 67.7 Å². The number of hydrogen-bond donors (Lipinski definition) is 4. The van der Waals surface area contributed by atoms with Crippen molar-refractivity contribution in [2.75, 3.05) is 33.5 Å². The molecule has 6 rings (SSSR count). The number of amides is 4. The van der Waals surface area contributed by atoms with Gasteiger partial charge in [0.2, 0.25) is 11.8 Å². The van der Waals surface area contributed by atoms with Gasteiger partial charge in [-0.25, -0.2) is 8.78 Å². The first-order valence-corrected chi connectivity index (χ1v) is 19.0. The minimum absolute atomic E-state index is 0.00585. The van der Waals surface area contributed by atoms with Crippen molar-refractivity contribution in [3.05, 3.63) is 119 Å². The van der Waals surface area contributed by atoms with Crippen LogP contribution in [-0.4, -0.2) is 48.8 Å². The van der Waals surface area contributed by atoms with Crippen LogP contribution in [0.1, 0.15) is 104 Å². The number of benzene rings is 4. The lowest BCUT2D eigenvalue weighted by Gasteiger charge is -2.40. The second kappa shape index (κ2) is 17.1. The Morgan fingerprint density at radius 1 is 0.600 bits per heavy atom. The monoisotopic (exact) mass is 750 g/mol. The summed E-state index contributed by atoms with van der Waals surface area (Å²) >= 11 is 0. The predicted molar refractivity (Wildman–Crippen MR) is 211 cm³/mol. The molecular weight excluding hydrogens is 703 g/mol. The van der Waals surface area contributed by atoms with Crippen LogP contribution < -0.4 is 31.1 Å². The van der Waals surface area contributed by atoms with Gasteiger partial charge in [0.25, 0.3) is 11.8 Å². The molecular formula is C43H48F2N6O4. The Morgan fingerprint density at radius 2 is 0.982 bits per heavy atom. The molecule has 4 atom stereocenters. The fourth-order valence-electron chi connectivity index (χ4n) is 7.58. The second-order valence-corrected chi connectivity index (χ2v) is 14.2. The lowest BCUT2D eigenvalue weighted by Crippen LogP contribution is -2.44. The molecule has 4 N–H and O–H groups in total. The fraction of sp³-hybridized carbons (Fsp3) is 0.349. The van der Waals surface area contributed by atoms with Crippen molar-refractivity contribution < 1.29 is 28.0 Å². The summed E-state index contributed by atoms with van der Waals surface area (Å²) in [6.07, 6.45) is 2.45. The van der Waals surface area contributed by atoms with Crippen molar-refractivity contribution in [2.45, 2.75) is 84.0 Å². The number of nitrogens with zero attached hydrogens (tertiary/aromatic N) is 2. The topological polar surface area (TPSA) is 123 Å². The highest BCUT2D eigenvalue weighted by Gasteiger charge is 2.35. The first kappa shape index (κ1) is 38.9. The Kier molecular flexibility index (Phi) is 12.1. The number of rotatable bonds is 12. The normalized spacial score (nSPS) is 18.8. The van der Waals surface area contributed by atoms with Crippen LogP contribution in [0.3, 0.4) is 0 Å². The lowest BCUT2D eigenvalue weighted by atomic mass is 9.91. The highest BCUT2D eigenvalue weighted by Crippen LogP contribution is 2.41. The van der Waals surface area contributed by atoms with Gasteiger partial charge in [-0.2, -0.15) is 0 Å². The number of nitrogens with one attached hydrogen (secondary N) is 4. The molecule has 0 radical (unpaired) electrons. The summed E-state index contributed by atoms with van der Waals surface area (Å²) in [7, 11) is 0. The van der Waals surface area contributed by atoms with E-state index in [2.05, 4.69) is 21.3 Å². The van der Waals surface area contributed by atoms with E-state index in [1.165, 1.54) is 24.3 Å². The lowest BCUT2D eigenvalue weighted by molar-refractivity contribution is -0.119. The van der Waals surface area contributed by atoms with E-state index in [1.807, 2.05) is 27.7 Å². The van der Waals surface area contributed by atoms with Gasteiger partial charge in [0.05, 0.1) is 12.1 Å². The van der Waals surface area contributed by atoms with Gasteiger partial charge in [-0.3, -0.25) is 19.2 Å². The first-order chi connectivity index (χ1) is 26.5. The molecule has 288 valence electrons. The third kappa shape index (κ3) is 8.80.